The molecule has 5 rings (SSSR count). The van der Waals surface area contributed by atoms with Crippen molar-refractivity contribution in [2.45, 2.75) is 26.0 Å². The highest BCUT2D eigenvalue weighted by Crippen LogP contribution is 2.40. The SMILES string of the molecule is COc1ccc(CC2C(=O)N(C)C(=Cc3cc4c(cc3OCc3ccccc3)OCO4)C(=O)N2C)cc1C. The summed E-state index contributed by atoms with van der Waals surface area (Å²) in [4.78, 5) is 29.9. The molecule has 2 amide bonds. The first-order valence-electron chi connectivity index (χ1n) is 12.4. The number of piperazine rings is 1. The van der Waals surface area contributed by atoms with Gasteiger partial charge in [-0.15, -0.1) is 0 Å². The number of ether oxygens (including phenoxy) is 4. The smallest absolute Gasteiger partial charge is 0.271 e. The first-order chi connectivity index (χ1) is 18.4. The summed E-state index contributed by atoms with van der Waals surface area (Å²) in [6.45, 7) is 2.40. The largest absolute Gasteiger partial charge is 0.496 e. The van der Waals surface area contributed by atoms with Crippen LogP contribution in [0.15, 0.2) is 66.4 Å². The van der Waals surface area contributed by atoms with E-state index in [9.17, 15) is 9.59 Å². The minimum Gasteiger partial charge on any atom is -0.496 e. The van der Waals surface area contributed by atoms with Crippen LogP contribution >= 0.6 is 0 Å². The van der Waals surface area contributed by atoms with Gasteiger partial charge in [0.25, 0.3) is 5.91 Å². The Kier molecular flexibility index (Phi) is 6.96. The molecule has 3 aromatic carbocycles. The Morgan fingerprint density at radius 1 is 0.947 bits per heavy atom. The molecule has 0 N–H and O–H groups in total. The van der Waals surface area contributed by atoms with Crippen molar-refractivity contribution in [3.63, 3.8) is 0 Å². The van der Waals surface area contributed by atoms with Gasteiger partial charge in [-0.25, -0.2) is 0 Å². The van der Waals surface area contributed by atoms with E-state index in [2.05, 4.69) is 0 Å². The maximum absolute atomic E-state index is 13.5. The molecule has 8 nitrogen and oxygen atoms in total. The average molecular weight is 515 g/mol. The molecular formula is C30H30N2O6. The lowest BCUT2D eigenvalue weighted by Crippen LogP contribution is -2.56. The van der Waals surface area contributed by atoms with Gasteiger partial charge in [0.15, 0.2) is 11.5 Å². The second-order valence-electron chi connectivity index (χ2n) is 9.38. The van der Waals surface area contributed by atoms with Crippen LogP contribution in [0.3, 0.4) is 0 Å². The fourth-order valence-electron chi connectivity index (χ4n) is 4.71. The Morgan fingerprint density at radius 2 is 1.68 bits per heavy atom. The number of benzene rings is 3. The predicted molar refractivity (Wildman–Crippen MR) is 142 cm³/mol. The van der Waals surface area contributed by atoms with Crippen molar-refractivity contribution in [1.82, 2.24) is 9.80 Å². The molecule has 1 fully saturated rings. The molecular weight excluding hydrogens is 484 g/mol. The van der Waals surface area contributed by atoms with Crippen LogP contribution in [0.4, 0.5) is 0 Å². The monoisotopic (exact) mass is 514 g/mol. The van der Waals surface area contributed by atoms with Crippen molar-refractivity contribution in [3.05, 3.63) is 88.6 Å². The summed E-state index contributed by atoms with van der Waals surface area (Å²) in [6.07, 6.45) is 2.08. The number of hydrogen-bond acceptors (Lipinski definition) is 6. The van der Waals surface area contributed by atoms with Crippen LogP contribution in [-0.2, 0) is 22.6 Å². The molecule has 0 aliphatic carbocycles. The first kappa shape index (κ1) is 25.2. The zero-order valence-electron chi connectivity index (χ0n) is 21.9. The molecule has 1 atom stereocenters. The third-order valence-electron chi connectivity index (χ3n) is 6.91. The van der Waals surface area contributed by atoms with E-state index in [-0.39, 0.29) is 24.3 Å². The molecule has 3 aromatic rings. The first-order valence-corrected chi connectivity index (χ1v) is 12.4. The lowest BCUT2D eigenvalue weighted by Gasteiger charge is -2.38. The van der Waals surface area contributed by atoms with E-state index in [1.807, 2.05) is 55.5 Å². The zero-order chi connectivity index (χ0) is 26.8. The molecule has 196 valence electrons. The Labute approximate surface area is 222 Å². The highest BCUT2D eigenvalue weighted by Gasteiger charge is 2.39. The van der Waals surface area contributed by atoms with Gasteiger partial charge in [0.1, 0.15) is 29.8 Å². The van der Waals surface area contributed by atoms with E-state index in [0.717, 1.165) is 22.4 Å². The number of hydrogen-bond donors (Lipinski definition) is 0. The van der Waals surface area contributed by atoms with Gasteiger partial charge in [-0.1, -0.05) is 42.5 Å². The quantitative estimate of drug-likeness (QED) is 0.440. The normalized spacial score (nSPS) is 17.8. The molecule has 0 radical (unpaired) electrons. The second kappa shape index (κ2) is 10.5. The van der Waals surface area contributed by atoms with E-state index < -0.39 is 6.04 Å². The highest BCUT2D eigenvalue weighted by molar-refractivity contribution is 6.07. The van der Waals surface area contributed by atoms with Gasteiger partial charge in [-0.05, 0) is 41.8 Å². The van der Waals surface area contributed by atoms with Gasteiger partial charge in [0.2, 0.25) is 12.7 Å². The molecule has 0 aromatic heterocycles. The maximum Gasteiger partial charge on any atom is 0.271 e. The second-order valence-corrected chi connectivity index (χ2v) is 9.38. The lowest BCUT2D eigenvalue weighted by atomic mass is 9.98. The van der Waals surface area contributed by atoms with E-state index in [1.54, 1.807) is 39.4 Å². The summed E-state index contributed by atoms with van der Waals surface area (Å²) in [5.74, 6) is 2.01. The van der Waals surface area contributed by atoms with Crippen molar-refractivity contribution in [2.24, 2.45) is 0 Å². The molecule has 2 aliphatic rings. The van der Waals surface area contributed by atoms with E-state index in [4.69, 9.17) is 18.9 Å². The van der Waals surface area contributed by atoms with Gasteiger partial charge in [-0.2, -0.15) is 0 Å². The van der Waals surface area contributed by atoms with Crippen LogP contribution in [0.2, 0.25) is 0 Å². The van der Waals surface area contributed by atoms with Gasteiger partial charge in [0, 0.05) is 32.1 Å². The number of methoxy groups -OCH3 is 1. The lowest BCUT2D eigenvalue weighted by molar-refractivity contribution is -0.148. The number of carbonyl (C=O) groups is 2. The maximum atomic E-state index is 13.5. The highest BCUT2D eigenvalue weighted by atomic mass is 16.7. The van der Waals surface area contributed by atoms with Crippen molar-refractivity contribution < 1.29 is 28.5 Å². The van der Waals surface area contributed by atoms with E-state index in [0.29, 0.717) is 35.8 Å². The summed E-state index contributed by atoms with van der Waals surface area (Å²) in [6, 6.07) is 18.5. The van der Waals surface area contributed by atoms with Crippen LogP contribution in [0.5, 0.6) is 23.0 Å². The Balaban J connectivity index is 1.43. The number of carbonyl (C=O) groups excluding carboxylic acids is 2. The molecule has 0 bridgehead atoms. The standard InChI is InChI=1S/C30H30N2O6/c1-19-12-21(10-11-25(19)35-4)13-23-29(33)32(3)24(30(34)31(23)2)14-22-15-27-28(38-18-37-27)16-26(22)36-17-20-8-6-5-7-9-20/h5-12,14-16,23H,13,17-18H2,1-4H3. The minimum absolute atomic E-state index is 0.111. The topological polar surface area (TPSA) is 77.5 Å². The predicted octanol–water partition coefficient (Wildman–Crippen LogP) is 4.19. The van der Waals surface area contributed by atoms with Gasteiger partial charge in [0.05, 0.1) is 7.11 Å². The molecule has 2 heterocycles. The van der Waals surface area contributed by atoms with Gasteiger partial charge in [-0.3, -0.25) is 9.59 Å². The number of amides is 2. The summed E-state index contributed by atoms with van der Waals surface area (Å²) < 4.78 is 22.6. The molecule has 2 aliphatic heterocycles. The van der Waals surface area contributed by atoms with Gasteiger partial charge >= 0.3 is 0 Å². The summed E-state index contributed by atoms with van der Waals surface area (Å²) in [5, 5.41) is 0. The van der Waals surface area contributed by atoms with E-state index in [1.165, 1.54) is 9.80 Å². The fourth-order valence-corrected chi connectivity index (χ4v) is 4.71. The Morgan fingerprint density at radius 3 is 2.39 bits per heavy atom. The number of fused-ring (bicyclic) bond motifs is 1. The van der Waals surface area contributed by atoms with Crippen molar-refractivity contribution >= 4 is 17.9 Å². The Hall–Kier alpha value is -4.46. The number of aryl methyl sites for hydroxylation is 1. The van der Waals surface area contributed by atoms with Crippen LogP contribution in [0, 0.1) is 6.92 Å². The molecule has 8 heteroatoms. The van der Waals surface area contributed by atoms with Crippen LogP contribution < -0.4 is 18.9 Å². The van der Waals surface area contributed by atoms with Crippen molar-refractivity contribution in [2.75, 3.05) is 28.0 Å². The molecule has 1 unspecified atom stereocenters. The molecule has 0 saturated carbocycles. The van der Waals surface area contributed by atoms with Crippen molar-refractivity contribution in [1.29, 1.82) is 0 Å². The third kappa shape index (κ3) is 4.89. The molecule has 1 saturated heterocycles. The number of nitrogens with zero attached hydrogens (tertiary/aromatic N) is 2. The molecule has 38 heavy (non-hydrogen) atoms. The van der Waals surface area contributed by atoms with Crippen LogP contribution in [0.25, 0.3) is 6.08 Å². The van der Waals surface area contributed by atoms with Crippen LogP contribution in [0.1, 0.15) is 22.3 Å². The fraction of sp³-hybridized carbons (Fsp3) is 0.267. The molecule has 0 spiro atoms. The van der Waals surface area contributed by atoms with Crippen LogP contribution in [-0.4, -0.2) is 55.7 Å². The Bertz CT molecular complexity index is 1400. The summed E-state index contributed by atoms with van der Waals surface area (Å²) in [7, 11) is 4.91. The summed E-state index contributed by atoms with van der Waals surface area (Å²) in [5.41, 5.74) is 3.80. The van der Waals surface area contributed by atoms with E-state index >= 15 is 0 Å². The summed E-state index contributed by atoms with van der Waals surface area (Å²) >= 11 is 0. The average Bonchev–Trinajstić information content (AvgIpc) is 3.39. The number of rotatable bonds is 7. The third-order valence-corrected chi connectivity index (χ3v) is 6.91. The van der Waals surface area contributed by atoms with Crippen molar-refractivity contribution in [3.8, 4) is 23.0 Å². The zero-order valence-corrected chi connectivity index (χ0v) is 21.9. The van der Waals surface area contributed by atoms with Gasteiger partial charge < -0.3 is 28.7 Å². The number of likely N-dealkylation sites (N-methyl/N-ethyl adjacent to an activating group) is 2. The minimum atomic E-state index is -0.622.